The molecule has 5 nitrogen and oxygen atoms in total. The Morgan fingerprint density at radius 3 is 2.28 bits per heavy atom. The molecule has 1 N–H and O–H groups in total. The van der Waals surface area contributed by atoms with Crippen molar-refractivity contribution in [3.63, 3.8) is 0 Å². The zero-order chi connectivity index (χ0) is 18.7. The molecule has 6 heteroatoms. The molecule has 0 unspecified atom stereocenters. The van der Waals surface area contributed by atoms with Crippen LogP contribution in [0.5, 0.6) is 0 Å². The van der Waals surface area contributed by atoms with Crippen molar-refractivity contribution in [2.45, 2.75) is 51.5 Å². The summed E-state index contributed by atoms with van der Waals surface area (Å²) in [5, 5.41) is 2.91. The molecule has 0 bridgehead atoms. The molecule has 1 aromatic rings. The molecule has 0 aromatic heterocycles. The second-order valence-corrected chi connectivity index (χ2v) is 8.89. The van der Waals surface area contributed by atoms with E-state index in [1.165, 1.54) is 3.57 Å². The summed E-state index contributed by atoms with van der Waals surface area (Å²) in [5.41, 5.74) is -0.308. The van der Waals surface area contributed by atoms with Crippen molar-refractivity contribution in [1.29, 1.82) is 0 Å². The van der Waals surface area contributed by atoms with Gasteiger partial charge in [0.15, 0.2) is 5.79 Å². The van der Waals surface area contributed by atoms with Crippen LogP contribution in [0, 0.1) is 3.57 Å². The molecular weight excluding hydrogens is 433 g/mol. The minimum Gasteiger partial charge on any atom is -0.444 e. The number of hydrogen-bond donors (Lipinski definition) is 1. The van der Waals surface area contributed by atoms with Crippen molar-refractivity contribution in [2.75, 3.05) is 13.2 Å². The Morgan fingerprint density at radius 2 is 1.76 bits per heavy atom. The summed E-state index contributed by atoms with van der Waals surface area (Å²) in [5.74, 6) is -0.671. The lowest BCUT2D eigenvalue weighted by Gasteiger charge is -2.42. The maximum absolute atomic E-state index is 12.3. The molecule has 1 aromatic carbocycles. The second kappa shape index (κ2) is 7.63. The first-order chi connectivity index (χ1) is 11.5. The van der Waals surface area contributed by atoms with E-state index < -0.39 is 23.0 Å². The molecule has 1 aliphatic heterocycles. The highest BCUT2D eigenvalue weighted by Crippen LogP contribution is 2.26. The highest BCUT2D eigenvalue weighted by molar-refractivity contribution is 14.1. The first-order valence-corrected chi connectivity index (χ1v) is 9.30. The molecule has 1 fully saturated rings. The van der Waals surface area contributed by atoms with Gasteiger partial charge in [-0.05, 0) is 74.9 Å². The zero-order valence-electron chi connectivity index (χ0n) is 15.4. The molecule has 0 radical (unpaired) electrons. The maximum Gasteiger partial charge on any atom is 0.408 e. The Hall–Kier alpha value is -1.12. The van der Waals surface area contributed by atoms with Gasteiger partial charge in [-0.1, -0.05) is 24.3 Å². The van der Waals surface area contributed by atoms with Crippen LogP contribution in [-0.4, -0.2) is 36.2 Å². The van der Waals surface area contributed by atoms with Crippen LogP contribution >= 0.6 is 22.6 Å². The molecule has 1 aliphatic rings. The van der Waals surface area contributed by atoms with Gasteiger partial charge in [-0.2, -0.15) is 0 Å². The van der Waals surface area contributed by atoms with Crippen molar-refractivity contribution < 1.29 is 19.0 Å². The molecule has 2 rings (SSSR count). The second-order valence-electron chi connectivity index (χ2n) is 7.65. The number of benzene rings is 1. The van der Waals surface area contributed by atoms with Crippen LogP contribution in [0.2, 0.25) is 0 Å². The van der Waals surface area contributed by atoms with Crippen LogP contribution in [0.3, 0.4) is 0 Å². The Kier molecular flexibility index (Phi) is 6.17. The number of carbonyl (C=O) groups is 1. The molecule has 25 heavy (non-hydrogen) atoms. The van der Waals surface area contributed by atoms with E-state index in [2.05, 4.69) is 27.9 Å². The van der Waals surface area contributed by atoms with Gasteiger partial charge in [0.2, 0.25) is 0 Å². The average molecular weight is 459 g/mol. The highest BCUT2D eigenvalue weighted by atomic mass is 127. The molecular formula is C19H26INO4. The lowest BCUT2D eigenvalue weighted by Crippen LogP contribution is -2.60. The van der Waals surface area contributed by atoms with E-state index in [4.69, 9.17) is 14.2 Å². The van der Waals surface area contributed by atoms with Gasteiger partial charge >= 0.3 is 6.09 Å². The van der Waals surface area contributed by atoms with Gasteiger partial charge in [-0.15, -0.1) is 0 Å². The Labute approximate surface area is 163 Å². The van der Waals surface area contributed by atoms with Crippen molar-refractivity contribution in [1.82, 2.24) is 5.32 Å². The third-order valence-electron chi connectivity index (χ3n) is 3.57. The molecule has 1 amide bonds. The van der Waals surface area contributed by atoms with Crippen LogP contribution in [0.4, 0.5) is 4.79 Å². The molecule has 138 valence electrons. The lowest BCUT2D eigenvalue weighted by atomic mass is 9.98. The monoisotopic (exact) mass is 459 g/mol. The van der Waals surface area contributed by atoms with Crippen LogP contribution in [0.25, 0.3) is 6.08 Å². The van der Waals surface area contributed by atoms with Gasteiger partial charge in [0, 0.05) is 3.57 Å². The van der Waals surface area contributed by atoms with E-state index in [1.54, 1.807) is 0 Å². The third kappa shape index (κ3) is 6.60. The standard InChI is InChI=1S/C19H26INO4/c1-17(2,3)25-16(22)21-19(12-23-18(4,5)24-13-19)11-10-14-6-8-15(20)9-7-14/h6-11H,12-13H2,1-5H3,(H,21,22)/b11-10+. The summed E-state index contributed by atoms with van der Waals surface area (Å²) in [6.07, 6.45) is 3.37. The number of ether oxygens (including phenoxy) is 3. The normalized spacial score (nSPS) is 19.6. The predicted molar refractivity (Wildman–Crippen MR) is 106 cm³/mol. The minimum atomic E-state index is -0.777. The summed E-state index contributed by atoms with van der Waals surface area (Å²) < 4.78 is 18.1. The molecule has 1 saturated heterocycles. The Balaban J connectivity index is 2.17. The topological polar surface area (TPSA) is 56.8 Å². The molecule has 0 atom stereocenters. The summed E-state index contributed by atoms with van der Waals surface area (Å²) in [6.45, 7) is 9.81. The smallest absolute Gasteiger partial charge is 0.408 e. The fraction of sp³-hybridized carbons (Fsp3) is 0.526. The highest BCUT2D eigenvalue weighted by Gasteiger charge is 2.40. The van der Waals surface area contributed by atoms with Gasteiger partial charge < -0.3 is 19.5 Å². The van der Waals surface area contributed by atoms with Gasteiger partial charge in [0.05, 0.1) is 13.2 Å². The number of alkyl carbamates (subject to hydrolysis) is 1. The van der Waals surface area contributed by atoms with Crippen LogP contribution in [0.15, 0.2) is 30.3 Å². The van der Waals surface area contributed by atoms with Gasteiger partial charge in [0.25, 0.3) is 0 Å². The number of hydrogen-bond acceptors (Lipinski definition) is 4. The van der Waals surface area contributed by atoms with Gasteiger partial charge in [0.1, 0.15) is 11.1 Å². The summed E-state index contributed by atoms with van der Waals surface area (Å²) >= 11 is 2.27. The third-order valence-corrected chi connectivity index (χ3v) is 4.29. The molecule has 0 aliphatic carbocycles. The van der Waals surface area contributed by atoms with Crippen LogP contribution in [0.1, 0.15) is 40.2 Å². The first-order valence-electron chi connectivity index (χ1n) is 8.23. The number of halogens is 1. The average Bonchev–Trinajstić information content (AvgIpc) is 2.48. The van der Waals surface area contributed by atoms with Crippen molar-refractivity contribution in [3.8, 4) is 0 Å². The Bertz CT molecular complexity index is 622. The van der Waals surface area contributed by atoms with E-state index in [-0.39, 0.29) is 0 Å². The fourth-order valence-corrected chi connectivity index (χ4v) is 2.59. The van der Waals surface area contributed by atoms with E-state index in [0.29, 0.717) is 13.2 Å². The first kappa shape index (κ1) is 20.2. The van der Waals surface area contributed by atoms with Crippen molar-refractivity contribution in [3.05, 3.63) is 39.5 Å². The zero-order valence-corrected chi connectivity index (χ0v) is 17.5. The van der Waals surface area contributed by atoms with Crippen molar-refractivity contribution >= 4 is 34.8 Å². The quantitative estimate of drug-likeness (QED) is 0.683. The van der Waals surface area contributed by atoms with E-state index in [9.17, 15) is 4.79 Å². The van der Waals surface area contributed by atoms with E-state index in [1.807, 2.05) is 71.0 Å². The van der Waals surface area contributed by atoms with Gasteiger partial charge in [-0.3, -0.25) is 0 Å². The van der Waals surface area contributed by atoms with Gasteiger partial charge in [-0.25, -0.2) is 4.79 Å². The van der Waals surface area contributed by atoms with Crippen molar-refractivity contribution in [2.24, 2.45) is 0 Å². The molecule has 0 saturated carbocycles. The minimum absolute atomic E-state index is 0.306. The molecule has 1 heterocycles. The number of rotatable bonds is 3. The van der Waals surface area contributed by atoms with E-state index >= 15 is 0 Å². The number of amides is 1. The van der Waals surface area contributed by atoms with E-state index in [0.717, 1.165) is 5.56 Å². The summed E-state index contributed by atoms with van der Waals surface area (Å²) in [7, 11) is 0. The summed E-state index contributed by atoms with van der Waals surface area (Å²) in [6, 6.07) is 8.11. The molecule has 0 spiro atoms. The predicted octanol–water partition coefficient (Wildman–Crippen LogP) is 4.35. The lowest BCUT2D eigenvalue weighted by molar-refractivity contribution is -0.263. The fourth-order valence-electron chi connectivity index (χ4n) is 2.24. The largest absolute Gasteiger partial charge is 0.444 e. The Morgan fingerprint density at radius 1 is 1.20 bits per heavy atom. The SMILES string of the molecule is CC(C)(C)OC(=O)NC1(/C=C/c2ccc(I)cc2)COC(C)(C)OC1. The number of nitrogens with one attached hydrogen (secondary N) is 1. The summed E-state index contributed by atoms with van der Waals surface area (Å²) in [4.78, 5) is 12.3. The van der Waals surface area contributed by atoms with Crippen LogP contribution in [-0.2, 0) is 14.2 Å². The number of carbonyl (C=O) groups excluding carboxylic acids is 1. The van der Waals surface area contributed by atoms with Crippen LogP contribution < -0.4 is 5.32 Å². The maximum atomic E-state index is 12.3.